The summed E-state index contributed by atoms with van der Waals surface area (Å²) in [6.07, 6.45) is 4.27. The molecule has 3 rings (SSSR count). The van der Waals surface area contributed by atoms with Gasteiger partial charge in [0.1, 0.15) is 5.75 Å². The minimum atomic E-state index is -0.0145. The maximum absolute atomic E-state index is 12.4. The number of nitrogens with zero attached hydrogens (tertiary/aromatic N) is 1. The number of methoxy groups -OCH3 is 1. The molecule has 4 nitrogen and oxygen atoms in total. The van der Waals surface area contributed by atoms with Gasteiger partial charge in [0.05, 0.1) is 12.8 Å². The maximum Gasteiger partial charge on any atom is 0.251 e. The fraction of sp³-hybridized carbons (Fsp3) is 0.167. The van der Waals surface area contributed by atoms with Gasteiger partial charge < -0.3 is 15.4 Å². The SMILES string of the molecule is COc1ccc(/C=C/C(=O)N2CCc3ccccc32)cc1N. The van der Waals surface area contributed by atoms with E-state index in [-0.39, 0.29) is 5.91 Å². The van der Waals surface area contributed by atoms with Crippen LogP contribution in [-0.2, 0) is 11.2 Å². The highest BCUT2D eigenvalue weighted by Gasteiger charge is 2.22. The lowest BCUT2D eigenvalue weighted by molar-refractivity contribution is -0.114. The molecule has 0 unspecified atom stereocenters. The zero-order chi connectivity index (χ0) is 15.5. The Kier molecular flexibility index (Phi) is 3.83. The van der Waals surface area contributed by atoms with E-state index in [1.165, 1.54) is 5.56 Å². The molecule has 1 heterocycles. The Bertz CT molecular complexity index is 738. The fourth-order valence-corrected chi connectivity index (χ4v) is 2.68. The lowest BCUT2D eigenvalue weighted by atomic mass is 10.1. The van der Waals surface area contributed by atoms with Gasteiger partial charge in [-0.3, -0.25) is 4.79 Å². The molecule has 2 aromatic rings. The quantitative estimate of drug-likeness (QED) is 0.699. The highest BCUT2D eigenvalue weighted by atomic mass is 16.5. The van der Waals surface area contributed by atoms with Crippen molar-refractivity contribution >= 4 is 23.4 Å². The summed E-state index contributed by atoms with van der Waals surface area (Å²) >= 11 is 0. The number of amides is 1. The molecule has 0 radical (unpaired) electrons. The number of anilines is 2. The number of nitrogens with two attached hydrogens (primary N) is 1. The van der Waals surface area contributed by atoms with Gasteiger partial charge in [-0.2, -0.15) is 0 Å². The zero-order valence-corrected chi connectivity index (χ0v) is 12.5. The van der Waals surface area contributed by atoms with Crippen LogP contribution in [-0.4, -0.2) is 19.6 Å². The van der Waals surface area contributed by atoms with Crippen molar-refractivity contribution in [1.29, 1.82) is 0 Å². The van der Waals surface area contributed by atoms with Gasteiger partial charge in [0.15, 0.2) is 0 Å². The van der Waals surface area contributed by atoms with E-state index in [0.717, 1.165) is 24.2 Å². The Morgan fingerprint density at radius 2 is 2.09 bits per heavy atom. The molecule has 1 amide bonds. The van der Waals surface area contributed by atoms with Gasteiger partial charge in [-0.05, 0) is 41.8 Å². The third kappa shape index (κ3) is 2.68. The monoisotopic (exact) mass is 294 g/mol. The zero-order valence-electron chi connectivity index (χ0n) is 12.5. The summed E-state index contributed by atoms with van der Waals surface area (Å²) in [5.41, 5.74) is 9.53. The predicted octanol–water partition coefficient (Wildman–Crippen LogP) is 2.88. The molecule has 2 aromatic carbocycles. The Morgan fingerprint density at radius 1 is 1.27 bits per heavy atom. The van der Waals surface area contributed by atoms with Gasteiger partial charge in [0.2, 0.25) is 0 Å². The van der Waals surface area contributed by atoms with Crippen molar-refractivity contribution in [3.63, 3.8) is 0 Å². The number of hydrogen-bond acceptors (Lipinski definition) is 3. The Hall–Kier alpha value is -2.75. The predicted molar refractivity (Wildman–Crippen MR) is 88.9 cm³/mol. The highest BCUT2D eigenvalue weighted by Crippen LogP contribution is 2.28. The van der Waals surface area contributed by atoms with Crippen LogP contribution in [0.2, 0.25) is 0 Å². The van der Waals surface area contributed by atoms with Crippen LogP contribution in [0, 0.1) is 0 Å². The first-order valence-corrected chi connectivity index (χ1v) is 7.20. The van der Waals surface area contributed by atoms with E-state index in [0.29, 0.717) is 11.4 Å². The second-order valence-corrected chi connectivity index (χ2v) is 5.20. The third-order valence-corrected chi connectivity index (χ3v) is 3.83. The summed E-state index contributed by atoms with van der Waals surface area (Å²) in [5, 5.41) is 0. The van der Waals surface area contributed by atoms with E-state index >= 15 is 0 Å². The summed E-state index contributed by atoms with van der Waals surface area (Å²) in [6, 6.07) is 13.5. The molecule has 1 aliphatic heterocycles. The first kappa shape index (κ1) is 14.2. The van der Waals surface area contributed by atoms with E-state index < -0.39 is 0 Å². The average molecular weight is 294 g/mol. The minimum absolute atomic E-state index is 0.0145. The molecule has 0 bridgehead atoms. The van der Waals surface area contributed by atoms with Crippen molar-refractivity contribution in [2.45, 2.75) is 6.42 Å². The van der Waals surface area contributed by atoms with Gasteiger partial charge in [-0.1, -0.05) is 24.3 Å². The van der Waals surface area contributed by atoms with Crippen LogP contribution >= 0.6 is 0 Å². The molecule has 2 N–H and O–H groups in total. The number of benzene rings is 2. The highest BCUT2D eigenvalue weighted by molar-refractivity contribution is 6.05. The summed E-state index contributed by atoms with van der Waals surface area (Å²) in [4.78, 5) is 14.2. The van der Waals surface area contributed by atoms with Crippen molar-refractivity contribution in [1.82, 2.24) is 0 Å². The lowest BCUT2D eigenvalue weighted by Crippen LogP contribution is -2.26. The Labute approximate surface area is 129 Å². The van der Waals surface area contributed by atoms with Gasteiger partial charge in [-0.25, -0.2) is 0 Å². The number of nitrogen functional groups attached to an aromatic ring is 1. The van der Waals surface area contributed by atoms with Gasteiger partial charge in [0.25, 0.3) is 5.91 Å². The number of rotatable bonds is 3. The molecule has 0 aromatic heterocycles. The molecule has 0 atom stereocenters. The molecule has 22 heavy (non-hydrogen) atoms. The van der Waals surface area contributed by atoms with Gasteiger partial charge in [0, 0.05) is 18.3 Å². The fourth-order valence-electron chi connectivity index (χ4n) is 2.68. The third-order valence-electron chi connectivity index (χ3n) is 3.83. The Morgan fingerprint density at radius 3 is 2.86 bits per heavy atom. The molecule has 0 fully saturated rings. The molecule has 0 saturated heterocycles. The number of carbonyl (C=O) groups excluding carboxylic acids is 1. The first-order chi connectivity index (χ1) is 10.7. The van der Waals surface area contributed by atoms with E-state index in [1.54, 1.807) is 36.3 Å². The second-order valence-electron chi connectivity index (χ2n) is 5.20. The van der Waals surface area contributed by atoms with E-state index in [1.807, 2.05) is 24.3 Å². The molecule has 0 spiro atoms. The first-order valence-electron chi connectivity index (χ1n) is 7.20. The van der Waals surface area contributed by atoms with Crippen LogP contribution in [0.4, 0.5) is 11.4 Å². The van der Waals surface area contributed by atoms with Crippen molar-refractivity contribution in [2.24, 2.45) is 0 Å². The lowest BCUT2D eigenvalue weighted by Gasteiger charge is -2.14. The smallest absolute Gasteiger partial charge is 0.251 e. The molecule has 4 heteroatoms. The van der Waals surface area contributed by atoms with E-state index in [2.05, 4.69) is 6.07 Å². The van der Waals surface area contributed by atoms with Gasteiger partial charge >= 0.3 is 0 Å². The molecule has 0 saturated carbocycles. The maximum atomic E-state index is 12.4. The van der Waals surface area contributed by atoms with Crippen LogP contribution in [0.1, 0.15) is 11.1 Å². The number of para-hydroxylation sites is 1. The second kappa shape index (κ2) is 5.93. The largest absolute Gasteiger partial charge is 0.495 e. The molecular weight excluding hydrogens is 276 g/mol. The number of ether oxygens (including phenoxy) is 1. The van der Waals surface area contributed by atoms with Crippen LogP contribution < -0.4 is 15.4 Å². The minimum Gasteiger partial charge on any atom is -0.495 e. The summed E-state index contributed by atoms with van der Waals surface area (Å²) in [6.45, 7) is 0.729. The summed E-state index contributed by atoms with van der Waals surface area (Å²) < 4.78 is 5.12. The van der Waals surface area contributed by atoms with Crippen LogP contribution in [0.25, 0.3) is 6.08 Å². The van der Waals surface area contributed by atoms with Crippen molar-refractivity contribution in [3.05, 3.63) is 59.7 Å². The Balaban J connectivity index is 1.76. The van der Waals surface area contributed by atoms with Gasteiger partial charge in [-0.15, -0.1) is 0 Å². The summed E-state index contributed by atoms with van der Waals surface area (Å²) in [7, 11) is 1.58. The molecule has 1 aliphatic rings. The van der Waals surface area contributed by atoms with Crippen molar-refractivity contribution in [3.8, 4) is 5.75 Å². The number of carbonyl (C=O) groups is 1. The normalized spacial score (nSPS) is 13.4. The van der Waals surface area contributed by atoms with Crippen LogP contribution in [0.15, 0.2) is 48.5 Å². The number of hydrogen-bond donors (Lipinski definition) is 1. The average Bonchev–Trinajstić information content (AvgIpc) is 2.97. The van der Waals surface area contributed by atoms with E-state index in [9.17, 15) is 4.79 Å². The molecule has 0 aliphatic carbocycles. The number of fused-ring (bicyclic) bond motifs is 1. The van der Waals surface area contributed by atoms with Crippen molar-refractivity contribution in [2.75, 3.05) is 24.3 Å². The summed E-state index contributed by atoms with van der Waals surface area (Å²) in [5.74, 6) is 0.622. The molecule has 112 valence electrons. The van der Waals surface area contributed by atoms with E-state index in [4.69, 9.17) is 10.5 Å². The topological polar surface area (TPSA) is 55.6 Å². The molecular formula is C18H18N2O2. The van der Waals surface area contributed by atoms with Crippen molar-refractivity contribution < 1.29 is 9.53 Å². The van der Waals surface area contributed by atoms with Crippen LogP contribution in [0.5, 0.6) is 5.75 Å². The van der Waals surface area contributed by atoms with Crippen LogP contribution in [0.3, 0.4) is 0 Å². The standard InChI is InChI=1S/C18H18N2O2/c1-22-17-8-6-13(12-15(17)19)7-9-18(21)20-11-10-14-4-2-3-5-16(14)20/h2-9,12H,10-11,19H2,1H3/b9-7+.